The molecule has 1 aliphatic rings. The molecule has 128 valence electrons. The van der Waals surface area contributed by atoms with Crippen LogP contribution in [0.25, 0.3) is 0 Å². The van der Waals surface area contributed by atoms with Crippen LogP contribution in [0.15, 0.2) is 24.3 Å². The molecule has 0 aliphatic carbocycles. The van der Waals surface area contributed by atoms with E-state index in [0.29, 0.717) is 6.42 Å². The topological polar surface area (TPSA) is 44.8 Å². The molecule has 0 atom stereocenters. The van der Waals surface area contributed by atoms with Crippen molar-refractivity contribution in [1.29, 1.82) is 0 Å². The van der Waals surface area contributed by atoms with Crippen molar-refractivity contribution >= 4 is 5.91 Å². The number of rotatable bonds is 8. The van der Waals surface area contributed by atoms with E-state index >= 15 is 0 Å². The van der Waals surface area contributed by atoms with Crippen molar-refractivity contribution in [1.82, 2.24) is 15.1 Å². The van der Waals surface area contributed by atoms with Gasteiger partial charge in [0.25, 0.3) is 0 Å². The Kier molecular flexibility index (Phi) is 7.36. The third kappa shape index (κ3) is 6.59. The Morgan fingerprint density at radius 3 is 2.78 bits per heavy atom. The van der Waals surface area contributed by atoms with Crippen molar-refractivity contribution in [2.45, 2.75) is 19.3 Å². The fraction of sp³-hybridized carbons (Fsp3) is 0.611. The van der Waals surface area contributed by atoms with Crippen LogP contribution in [0.1, 0.15) is 18.4 Å². The molecule has 0 spiro atoms. The lowest BCUT2D eigenvalue weighted by Gasteiger charge is -2.32. The minimum Gasteiger partial charge on any atom is -0.497 e. The lowest BCUT2D eigenvalue weighted by atomic mass is 10.1. The Morgan fingerprint density at radius 1 is 1.26 bits per heavy atom. The lowest BCUT2D eigenvalue weighted by Crippen LogP contribution is -2.45. The van der Waals surface area contributed by atoms with Crippen molar-refractivity contribution in [3.8, 4) is 5.75 Å². The van der Waals surface area contributed by atoms with E-state index in [1.807, 2.05) is 24.3 Å². The maximum absolute atomic E-state index is 11.9. The summed E-state index contributed by atoms with van der Waals surface area (Å²) in [5, 5.41) is 3.02. The standard InChI is InChI=1S/C18H29N3O2/c1-20-11-13-21(14-12-20)10-4-9-19-18(22)8-7-16-5-3-6-17(15-16)23-2/h3,5-6,15H,4,7-14H2,1-2H3,(H,19,22). The van der Waals surface area contributed by atoms with E-state index in [-0.39, 0.29) is 5.91 Å². The Bertz CT molecular complexity index is 485. The highest BCUT2D eigenvalue weighted by molar-refractivity contribution is 5.76. The Labute approximate surface area is 139 Å². The zero-order chi connectivity index (χ0) is 16.5. The smallest absolute Gasteiger partial charge is 0.220 e. The number of carbonyl (C=O) groups excluding carboxylic acids is 1. The van der Waals surface area contributed by atoms with Gasteiger partial charge in [0.1, 0.15) is 5.75 Å². The number of nitrogens with zero attached hydrogens (tertiary/aromatic N) is 2. The molecule has 1 aromatic rings. The quantitative estimate of drug-likeness (QED) is 0.735. The van der Waals surface area contributed by atoms with Gasteiger partial charge in [-0.15, -0.1) is 0 Å². The molecule has 5 heteroatoms. The minimum absolute atomic E-state index is 0.131. The van der Waals surface area contributed by atoms with E-state index in [1.54, 1.807) is 7.11 Å². The van der Waals surface area contributed by atoms with Gasteiger partial charge in [-0.2, -0.15) is 0 Å². The van der Waals surface area contributed by atoms with Crippen LogP contribution < -0.4 is 10.1 Å². The summed E-state index contributed by atoms with van der Waals surface area (Å²) in [6.45, 7) is 6.41. The SMILES string of the molecule is COc1cccc(CCC(=O)NCCCN2CCN(C)CC2)c1. The number of likely N-dealkylation sites (N-methyl/N-ethyl adjacent to an activating group) is 1. The first kappa shape index (κ1) is 17.8. The highest BCUT2D eigenvalue weighted by Gasteiger charge is 2.12. The van der Waals surface area contributed by atoms with Gasteiger partial charge in [0.15, 0.2) is 0 Å². The Hall–Kier alpha value is -1.59. The predicted molar refractivity (Wildman–Crippen MR) is 92.9 cm³/mol. The minimum atomic E-state index is 0.131. The predicted octanol–water partition coefficient (Wildman–Crippen LogP) is 1.38. The third-order valence-electron chi connectivity index (χ3n) is 4.34. The van der Waals surface area contributed by atoms with E-state index in [2.05, 4.69) is 22.2 Å². The van der Waals surface area contributed by atoms with Crippen LogP contribution in [0.2, 0.25) is 0 Å². The van der Waals surface area contributed by atoms with E-state index in [4.69, 9.17) is 4.74 Å². The van der Waals surface area contributed by atoms with Crippen LogP contribution in [0, 0.1) is 0 Å². The number of nitrogens with one attached hydrogen (secondary N) is 1. The number of methoxy groups -OCH3 is 1. The first-order valence-electron chi connectivity index (χ1n) is 8.48. The van der Waals surface area contributed by atoms with Crippen molar-refractivity contribution in [3.05, 3.63) is 29.8 Å². The van der Waals surface area contributed by atoms with Gasteiger partial charge in [-0.3, -0.25) is 4.79 Å². The van der Waals surface area contributed by atoms with Gasteiger partial charge < -0.3 is 19.9 Å². The molecule has 0 unspecified atom stereocenters. The summed E-state index contributed by atoms with van der Waals surface area (Å²) in [7, 11) is 3.83. The van der Waals surface area contributed by atoms with Gasteiger partial charge >= 0.3 is 0 Å². The molecule has 2 rings (SSSR count). The average molecular weight is 319 g/mol. The van der Waals surface area contributed by atoms with Gasteiger partial charge in [0.05, 0.1) is 7.11 Å². The highest BCUT2D eigenvalue weighted by atomic mass is 16.5. The molecule has 1 aromatic carbocycles. The second-order valence-electron chi connectivity index (χ2n) is 6.20. The summed E-state index contributed by atoms with van der Waals surface area (Å²) in [4.78, 5) is 16.7. The first-order valence-corrected chi connectivity index (χ1v) is 8.48. The summed E-state index contributed by atoms with van der Waals surface area (Å²) < 4.78 is 5.20. The molecule has 1 fully saturated rings. The molecule has 23 heavy (non-hydrogen) atoms. The number of piperazine rings is 1. The largest absolute Gasteiger partial charge is 0.497 e. The zero-order valence-corrected chi connectivity index (χ0v) is 14.4. The van der Waals surface area contributed by atoms with Crippen LogP contribution in [0.4, 0.5) is 0 Å². The molecule has 1 saturated heterocycles. The number of carbonyl (C=O) groups is 1. The van der Waals surface area contributed by atoms with E-state index in [0.717, 1.165) is 63.4 Å². The summed E-state index contributed by atoms with van der Waals surface area (Å²) in [5.74, 6) is 0.973. The third-order valence-corrected chi connectivity index (χ3v) is 4.34. The second-order valence-corrected chi connectivity index (χ2v) is 6.20. The van der Waals surface area contributed by atoms with Crippen LogP contribution >= 0.6 is 0 Å². The van der Waals surface area contributed by atoms with E-state index < -0.39 is 0 Å². The molecule has 1 N–H and O–H groups in total. The van der Waals surface area contributed by atoms with Crippen molar-refractivity contribution in [2.24, 2.45) is 0 Å². The van der Waals surface area contributed by atoms with Crippen molar-refractivity contribution < 1.29 is 9.53 Å². The first-order chi connectivity index (χ1) is 11.2. The molecular formula is C18H29N3O2. The Balaban J connectivity index is 1.56. The molecule has 0 radical (unpaired) electrons. The fourth-order valence-electron chi connectivity index (χ4n) is 2.78. The van der Waals surface area contributed by atoms with Gasteiger partial charge in [0.2, 0.25) is 5.91 Å². The summed E-state index contributed by atoms with van der Waals surface area (Å²) in [6.07, 6.45) is 2.30. The number of amides is 1. The lowest BCUT2D eigenvalue weighted by molar-refractivity contribution is -0.121. The molecule has 1 heterocycles. The van der Waals surface area contributed by atoms with Crippen LogP contribution in [0.3, 0.4) is 0 Å². The summed E-state index contributed by atoms with van der Waals surface area (Å²) in [6, 6.07) is 7.90. The Morgan fingerprint density at radius 2 is 2.04 bits per heavy atom. The molecular weight excluding hydrogens is 290 g/mol. The number of aryl methyl sites for hydroxylation is 1. The van der Waals surface area contributed by atoms with Crippen LogP contribution in [-0.4, -0.2) is 69.1 Å². The molecule has 0 aromatic heterocycles. The molecule has 0 bridgehead atoms. The maximum atomic E-state index is 11.9. The van der Waals surface area contributed by atoms with Crippen LogP contribution in [0.5, 0.6) is 5.75 Å². The van der Waals surface area contributed by atoms with Gasteiger partial charge in [-0.05, 0) is 44.1 Å². The average Bonchev–Trinajstić information content (AvgIpc) is 2.58. The van der Waals surface area contributed by atoms with Crippen molar-refractivity contribution in [3.63, 3.8) is 0 Å². The summed E-state index contributed by atoms with van der Waals surface area (Å²) in [5.41, 5.74) is 1.14. The van der Waals surface area contributed by atoms with Crippen molar-refractivity contribution in [2.75, 3.05) is 53.4 Å². The molecule has 5 nitrogen and oxygen atoms in total. The van der Waals surface area contributed by atoms with E-state index in [9.17, 15) is 4.79 Å². The summed E-state index contributed by atoms with van der Waals surface area (Å²) >= 11 is 0. The molecule has 0 saturated carbocycles. The highest BCUT2D eigenvalue weighted by Crippen LogP contribution is 2.13. The van der Waals surface area contributed by atoms with Gasteiger partial charge in [-0.1, -0.05) is 12.1 Å². The zero-order valence-electron chi connectivity index (χ0n) is 14.4. The van der Waals surface area contributed by atoms with E-state index in [1.165, 1.54) is 0 Å². The van der Waals surface area contributed by atoms with Gasteiger partial charge in [-0.25, -0.2) is 0 Å². The number of benzene rings is 1. The number of hydrogen-bond donors (Lipinski definition) is 1. The number of ether oxygens (including phenoxy) is 1. The fourth-order valence-corrected chi connectivity index (χ4v) is 2.78. The van der Waals surface area contributed by atoms with Gasteiger partial charge in [0, 0.05) is 39.1 Å². The number of hydrogen-bond acceptors (Lipinski definition) is 4. The maximum Gasteiger partial charge on any atom is 0.220 e. The van der Waals surface area contributed by atoms with Crippen LogP contribution in [-0.2, 0) is 11.2 Å². The molecule has 1 amide bonds. The molecule has 1 aliphatic heterocycles. The second kappa shape index (κ2) is 9.53. The monoisotopic (exact) mass is 319 g/mol. The normalized spacial score (nSPS) is 16.3.